The van der Waals surface area contributed by atoms with Crippen molar-refractivity contribution >= 4 is 21.9 Å². The van der Waals surface area contributed by atoms with Gasteiger partial charge in [0.2, 0.25) is 5.79 Å². The minimum Gasteiger partial charge on any atom is -0.465 e. The summed E-state index contributed by atoms with van der Waals surface area (Å²) >= 11 is 3.35. The van der Waals surface area contributed by atoms with E-state index in [9.17, 15) is 9.90 Å². The molecule has 1 N–H and O–H groups in total. The Morgan fingerprint density at radius 1 is 1.50 bits per heavy atom. The lowest BCUT2D eigenvalue weighted by Gasteiger charge is -2.32. The third kappa shape index (κ3) is 1.73. The smallest absolute Gasteiger partial charge is 0.323 e. The number of esters is 1. The van der Waals surface area contributed by atoms with Crippen molar-refractivity contribution in [1.29, 1.82) is 0 Å². The van der Waals surface area contributed by atoms with Gasteiger partial charge in [-0.25, -0.2) is 0 Å². The maximum atomic E-state index is 12.2. The highest BCUT2D eigenvalue weighted by molar-refractivity contribution is 9.10. The van der Waals surface area contributed by atoms with Gasteiger partial charge < -0.3 is 14.6 Å². The Hall–Kier alpha value is -1.07. The standard InChI is InChI=1S/C13H15BrO4/c1-4-17-11(15)12(2)9-7-8(14)5-6-10(9)18-13(12,3)16/h5-7,16H,4H2,1-3H3. The van der Waals surface area contributed by atoms with E-state index in [-0.39, 0.29) is 6.61 Å². The van der Waals surface area contributed by atoms with E-state index in [4.69, 9.17) is 9.47 Å². The Morgan fingerprint density at radius 3 is 2.78 bits per heavy atom. The van der Waals surface area contributed by atoms with E-state index in [1.54, 1.807) is 32.0 Å². The van der Waals surface area contributed by atoms with Gasteiger partial charge in [0, 0.05) is 17.0 Å². The number of carbonyl (C=O) groups is 1. The molecule has 0 fully saturated rings. The molecular weight excluding hydrogens is 300 g/mol. The minimum atomic E-state index is -1.62. The van der Waals surface area contributed by atoms with Crippen LogP contribution in [0.3, 0.4) is 0 Å². The first-order valence-corrected chi connectivity index (χ1v) is 6.51. The number of aliphatic hydroxyl groups is 1. The first-order chi connectivity index (χ1) is 8.33. The molecule has 0 radical (unpaired) electrons. The second-order valence-electron chi connectivity index (χ2n) is 4.57. The van der Waals surface area contributed by atoms with Gasteiger partial charge in [-0.15, -0.1) is 0 Å². The van der Waals surface area contributed by atoms with Crippen LogP contribution in [0.25, 0.3) is 0 Å². The third-order valence-corrected chi connectivity index (χ3v) is 3.89. The molecule has 1 heterocycles. The van der Waals surface area contributed by atoms with Crippen molar-refractivity contribution in [2.45, 2.75) is 32.0 Å². The van der Waals surface area contributed by atoms with E-state index in [2.05, 4.69) is 15.9 Å². The summed E-state index contributed by atoms with van der Waals surface area (Å²) in [6.45, 7) is 5.09. The summed E-state index contributed by atoms with van der Waals surface area (Å²) in [7, 11) is 0. The van der Waals surface area contributed by atoms with Crippen LogP contribution < -0.4 is 4.74 Å². The van der Waals surface area contributed by atoms with Crippen LogP contribution in [-0.4, -0.2) is 23.5 Å². The van der Waals surface area contributed by atoms with Gasteiger partial charge in [0.1, 0.15) is 5.75 Å². The lowest BCUT2D eigenvalue weighted by atomic mass is 9.77. The zero-order valence-corrected chi connectivity index (χ0v) is 12.1. The molecule has 0 saturated heterocycles. The van der Waals surface area contributed by atoms with Gasteiger partial charge in [0.05, 0.1) is 6.61 Å². The SMILES string of the molecule is CCOC(=O)C1(C)c2cc(Br)ccc2OC1(C)O. The van der Waals surface area contributed by atoms with Gasteiger partial charge in [-0.1, -0.05) is 15.9 Å². The van der Waals surface area contributed by atoms with E-state index in [1.807, 2.05) is 0 Å². The van der Waals surface area contributed by atoms with E-state index >= 15 is 0 Å². The number of halogens is 1. The van der Waals surface area contributed by atoms with Crippen molar-refractivity contribution in [1.82, 2.24) is 0 Å². The summed E-state index contributed by atoms with van der Waals surface area (Å²) in [6.07, 6.45) is 0. The molecule has 0 aromatic heterocycles. The number of fused-ring (bicyclic) bond motifs is 1. The maximum Gasteiger partial charge on any atom is 0.323 e. The number of rotatable bonds is 2. The Labute approximate surface area is 114 Å². The highest BCUT2D eigenvalue weighted by atomic mass is 79.9. The first kappa shape index (κ1) is 13.4. The normalized spacial score (nSPS) is 29.6. The molecule has 18 heavy (non-hydrogen) atoms. The molecule has 0 bridgehead atoms. The van der Waals surface area contributed by atoms with Crippen molar-refractivity contribution in [3.63, 3.8) is 0 Å². The molecule has 1 aliphatic heterocycles. The molecule has 1 aromatic rings. The predicted octanol–water partition coefficient (Wildman–Crippen LogP) is 2.37. The van der Waals surface area contributed by atoms with Crippen LogP contribution in [0.4, 0.5) is 0 Å². The van der Waals surface area contributed by atoms with E-state index in [1.165, 1.54) is 6.92 Å². The van der Waals surface area contributed by atoms with E-state index in [0.717, 1.165) is 4.47 Å². The molecule has 1 aliphatic rings. The molecular formula is C13H15BrO4. The molecule has 4 nitrogen and oxygen atoms in total. The Morgan fingerprint density at radius 2 is 2.17 bits per heavy atom. The number of carbonyl (C=O) groups excluding carboxylic acids is 1. The topological polar surface area (TPSA) is 55.8 Å². The van der Waals surface area contributed by atoms with Crippen molar-refractivity contribution in [2.24, 2.45) is 0 Å². The molecule has 2 rings (SSSR count). The van der Waals surface area contributed by atoms with Crippen LogP contribution in [-0.2, 0) is 14.9 Å². The Kier molecular flexibility index (Phi) is 3.15. The molecule has 5 heteroatoms. The first-order valence-electron chi connectivity index (χ1n) is 5.71. The van der Waals surface area contributed by atoms with Gasteiger partial charge in [-0.3, -0.25) is 4.79 Å². The summed E-state index contributed by atoms with van der Waals surface area (Å²) in [6, 6.07) is 5.29. The highest BCUT2D eigenvalue weighted by Crippen LogP contribution is 2.49. The van der Waals surface area contributed by atoms with Crippen LogP contribution in [0, 0.1) is 0 Å². The molecule has 0 saturated carbocycles. The summed E-state index contributed by atoms with van der Waals surface area (Å²) in [5, 5.41) is 10.4. The van der Waals surface area contributed by atoms with Crippen molar-refractivity contribution in [3.05, 3.63) is 28.2 Å². The van der Waals surface area contributed by atoms with Crippen LogP contribution in [0.2, 0.25) is 0 Å². The van der Waals surface area contributed by atoms with Crippen molar-refractivity contribution in [2.75, 3.05) is 6.61 Å². The van der Waals surface area contributed by atoms with Gasteiger partial charge in [-0.05, 0) is 32.0 Å². The number of ether oxygens (including phenoxy) is 2. The molecule has 2 unspecified atom stereocenters. The fourth-order valence-electron chi connectivity index (χ4n) is 2.12. The summed E-state index contributed by atoms with van der Waals surface area (Å²) in [5.41, 5.74) is -0.609. The average molecular weight is 315 g/mol. The summed E-state index contributed by atoms with van der Waals surface area (Å²) in [5.74, 6) is -1.62. The number of benzene rings is 1. The Balaban J connectivity index is 2.58. The van der Waals surface area contributed by atoms with Crippen LogP contribution in [0.5, 0.6) is 5.75 Å². The summed E-state index contributed by atoms with van der Waals surface area (Å²) < 4.78 is 11.4. The van der Waals surface area contributed by atoms with Crippen molar-refractivity contribution < 1.29 is 19.4 Å². The van der Waals surface area contributed by atoms with Gasteiger partial charge in [-0.2, -0.15) is 0 Å². The quantitative estimate of drug-likeness (QED) is 0.851. The second kappa shape index (κ2) is 4.24. The third-order valence-electron chi connectivity index (χ3n) is 3.40. The molecule has 0 spiro atoms. The van der Waals surface area contributed by atoms with Gasteiger partial charge in [0.25, 0.3) is 0 Å². The predicted molar refractivity (Wildman–Crippen MR) is 69.4 cm³/mol. The van der Waals surface area contributed by atoms with Gasteiger partial charge >= 0.3 is 5.97 Å². The lowest BCUT2D eigenvalue weighted by molar-refractivity contribution is -0.186. The molecule has 1 aromatic carbocycles. The van der Waals surface area contributed by atoms with Crippen LogP contribution in [0.1, 0.15) is 26.3 Å². The molecule has 2 atom stereocenters. The van der Waals surface area contributed by atoms with Crippen LogP contribution in [0.15, 0.2) is 22.7 Å². The van der Waals surface area contributed by atoms with E-state index < -0.39 is 17.2 Å². The monoisotopic (exact) mass is 314 g/mol. The lowest BCUT2D eigenvalue weighted by Crippen LogP contribution is -2.53. The largest absolute Gasteiger partial charge is 0.465 e. The molecule has 0 aliphatic carbocycles. The maximum absolute atomic E-state index is 12.2. The average Bonchev–Trinajstić information content (AvgIpc) is 2.49. The van der Waals surface area contributed by atoms with E-state index in [0.29, 0.717) is 11.3 Å². The van der Waals surface area contributed by atoms with Crippen molar-refractivity contribution in [3.8, 4) is 5.75 Å². The molecule has 98 valence electrons. The van der Waals surface area contributed by atoms with Crippen LogP contribution >= 0.6 is 15.9 Å². The molecule has 0 amide bonds. The highest BCUT2D eigenvalue weighted by Gasteiger charge is 2.60. The van der Waals surface area contributed by atoms with Gasteiger partial charge in [0.15, 0.2) is 5.41 Å². The second-order valence-corrected chi connectivity index (χ2v) is 5.49. The zero-order valence-electron chi connectivity index (χ0n) is 10.5. The minimum absolute atomic E-state index is 0.258. The summed E-state index contributed by atoms with van der Waals surface area (Å²) in [4.78, 5) is 12.2. The Bertz CT molecular complexity index is 498. The zero-order chi connectivity index (χ0) is 13.6. The number of hydrogen-bond donors (Lipinski definition) is 1. The fraction of sp³-hybridized carbons (Fsp3) is 0.462. The fourth-order valence-corrected chi connectivity index (χ4v) is 2.48. The number of hydrogen-bond acceptors (Lipinski definition) is 4.